The molecule has 2 nitrogen and oxygen atoms in total. The molecule has 94 valence electrons. The average molecular weight is 299 g/mol. The minimum absolute atomic E-state index is 0.406. The van der Waals surface area contributed by atoms with Crippen molar-refractivity contribution in [1.29, 1.82) is 0 Å². The van der Waals surface area contributed by atoms with Gasteiger partial charge in [-0.3, -0.25) is 0 Å². The highest BCUT2D eigenvalue weighted by molar-refractivity contribution is 7.98. The zero-order valence-electron chi connectivity index (χ0n) is 9.78. The number of anilines is 1. The molecule has 0 amide bonds. The van der Waals surface area contributed by atoms with Crippen LogP contribution in [-0.4, -0.2) is 4.98 Å². The van der Waals surface area contributed by atoms with Crippen LogP contribution < -0.4 is 5.73 Å². The van der Waals surface area contributed by atoms with Crippen molar-refractivity contribution in [2.24, 2.45) is 0 Å². The van der Waals surface area contributed by atoms with Crippen molar-refractivity contribution >= 4 is 40.7 Å². The number of aryl methyl sites for hydroxylation is 1. The molecule has 0 atom stereocenters. The van der Waals surface area contributed by atoms with Crippen molar-refractivity contribution in [2.45, 2.75) is 17.6 Å². The van der Waals surface area contributed by atoms with Gasteiger partial charge in [0, 0.05) is 27.6 Å². The second-order valence-corrected chi connectivity index (χ2v) is 5.74. The molecule has 0 aliphatic carbocycles. The first-order valence-electron chi connectivity index (χ1n) is 5.35. The van der Waals surface area contributed by atoms with Crippen LogP contribution in [0.2, 0.25) is 10.2 Å². The second kappa shape index (κ2) is 5.83. The molecule has 0 bridgehead atoms. The van der Waals surface area contributed by atoms with Gasteiger partial charge in [0.05, 0.1) is 0 Å². The maximum absolute atomic E-state index is 6.09. The highest BCUT2D eigenvalue weighted by atomic mass is 35.5. The minimum atomic E-state index is 0.406. The lowest BCUT2D eigenvalue weighted by Crippen LogP contribution is -1.91. The van der Waals surface area contributed by atoms with Gasteiger partial charge in [-0.05, 0) is 36.2 Å². The molecule has 0 radical (unpaired) electrons. The second-order valence-electron chi connectivity index (χ2n) is 3.93. The van der Waals surface area contributed by atoms with Crippen LogP contribution >= 0.6 is 35.0 Å². The fraction of sp³-hybridized carbons (Fsp3) is 0.154. The van der Waals surface area contributed by atoms with E-state index in [1.54, 1.807) is 24.0 Å². The minimum Gasteiger partial charge on any atom is -0.398 e. The third-order valence-electron chi connectivity index (χ3n) is 2.44. The maximum atomic E-state index is 6.09. The first-order valence-corrected chi connectivity index (χ1v) is 7.09. The largest absolute Gasteiger partial charge is 0.398 e. The number of aromatic nitrogens is 1. The molecule has 1 aromatic carbocycles. The number of rotatable bonds is 3. The van der Waals surface area contributed by atoms with Gasteiger partial charge in [0.25, 0.3) is 0 Å². The van der Waals surface area contributed by atoms with Crippen LogP contribution in [0.25, 0.3) is 0 Å². The van der Waals surface area contributed by atoms with Gasteiger partial charge in [0.15, 0.2) is 0 Å². The Bertz CT molecular complexity index is 521. The van der Waals surface area contributed by atoms with Gasteiger partial charge in [0.2, 0.25) is 0 Å². The van der Waals surface area contributed by atoms with Crippen molar-refractivity contribution in [3.05, 3.63) is 51.8 Å². The number of thioether (sulfide) groups is 1. The Kier molecular flexibility index (Phi) is 4.38. The molecule has 1 heterocycles. The monoisotopic (exact) mass is 298 g/mol. The Hall–Kier alpha value is -0.900. The van der Waals surface area contributed by atoms with Crippen molar-refractivity contribution in [2.75, 3.05) is 5.73 Å². The van der Waals surface area contributed by atoms with E-state index in [-0.39, 0.29) is 0 Å². The van der Waals surface area contributed by atoms with Gasteiger partial charge in [-0.2, -0.15) is 0 Å². The standard InChI is InChI=1S/C13H12Cl2N2S/c1-8-2-3-12(11(16)4-8)18-7-9-6-17-13(15)5-10(9)14/h2-6H,7,16H2,1H3. The smallest absolute Gasteiger partial charge is 0.130 e. The number of nitrogens with zero attached hydrogens (tertiary/aromatic N) is 1. The first kappa shape index (κ1) is 13.5. The predicted molar refractivity (Wildman–Crippen MR) is 79.4 cm³/mol. The first-order chi connectivity index (χ1) is 8.56. The van der Waals surface area contributed by atoms with Gasteiger partial charge < -0.3 is 5.73 Å². The summed E-state index contributed by atoms with van der Waals surface area (Å²) in [6, 6.07) is 7.68. The Balaban J connectivity index is 2.11. The van der Waals surface area contributed by atoms with E-state index in [0.717, 1.165) is 27.5 Å². The molecule has 0 unspecified atom stereocenters. The lowest BCUT2D eigenvalue weighted by molar-refractivity contribution is 1.25. The number of pyridine rings is 1. The highest BCUT2D eigenvalue weighted by Gasteiger charge is 2.05. The Morgan fingerprint density at radius 3 is 2.72 bits per heavy atom. The van der Waals surface area contributed by atoms with Crippen molar-refractivity contribution < 1.29 is 0 Å². The molecule has 2 aromatic rings. The lowest BCUT2D eigenvalue weighted by atomic mass is 10.2. The normalized spacial score (nSPS) is 10.6. The van der Waals surface area contributed by atoms with Crippen LogP contribution in [-0.2, 0) is 5.75 Å². The molecule has 2 N–H and O–H groups in total. The summed E-state index contributed by atoms with van der Waals surface area (Å²) < 4.78 is 0. The van der Waals surface area contributed by atoms with Crippen molar-refractivity contribution in [3.63, 3.8) is 0 Å². The summed E-state index contributed by atoms with van der Waals surface area (Å²) in [5.41, 5.74) is 8.85. The van der Waals surface area contributed by atoms with Crippen molar-refractivity contribution in [3.8, 4) is 0 Å². The zero-order valence-corrected chi connectivity index (χ0v) is 12.1. The molecule has 0 aliphatic heterocycles. The summed E-state index contributed by atoms with van der Waals surface area (Å²) in [4.78, 5) is 5.07. The number of hydrogen-bond acceptors (Lipinski definition) is 3. The van der Waals surface area contributed by atoms with Gasteiger partial charge in [-0.1, -0.05) is 29.3 Å². The molecule has 0 saturated heterocycles. The quantitative estimate of drug-likeness (QED) is 0.512. The average Bonchev–Trinajstić information content (AvgIpc) is 2.30. The molecular weight excluding hydrogens is 287 g/mol. The van der Waals surface area contributed by atoms with Crippen LogP contribution in [0.15, 0.2) is 35.4 Å². The number of nitrogens with two attached hydrogens (primary N) is 1. The van der Waals surface area contributed by atoms with E-state index in [0.29, 0.717) is 10.2 Å². The number of hydrogen-bond donors (Lipinski definition) is 1. The van der Waals surface area contributed by atoms with Crippen LogP contribution in [0.5, 0.6) is 0 Å². The van der Waals surface area contributed by atoms with Crippen LogP contribution in [0.3, 0.4) is 0 Å². The number of halogens is 2. The Labute approximate surface area is 121 Å². The zero-order chi connectivity index (χ0) is 13.1. The van der Waals surface area contributed by atoms with Crippen molar-refractivity contribution in [1.82, 2.24) is 4.98 Å². The summed E-state index contributed by atoms with van der Waals surface area (Å²) in [5.74, 6) is 0.719. The summed E-state index contributed by atoms with van der Waals surface area (Å²) in [6.45, 7) is 2.02. The third kappa shape index (κ3) is 3.31. The van der Waals surface area contributed by atoms with Gasteiger partial charge in [-0.15, -0.1) is 11.8 Å². The summed E-state index contributed by atoms with van der Waals surface area (Å²) in [7, 11) is 0. The predicted octanol–water partition coefficient (Wildman–Crippen LogP) is 4.57. The Morgan fingerprint density at radius 2 is 2.06 bits per heavy atom. The van der Waals surface area contributed by atoms with E-state index < -0.39 is 0 Å². The summed E-state index contributed by atoms with van der Waals surface area (Å²) >= 11 is 13.5. The molecule has 0 spiro atoms. The van der Waals surface area contributed by atoms with E-state index in [4.69, 9.17) is 28.9 Å². The van der Waals surface area contributed by atoms with Gasteiger partial charge >= 0.3 is 0 Å². The lowest BCUT2D eigenvalue weighted by Gasteiger charge is -2.07. The van der Waals surface area contributed by atoms with Crippen LogP contribution in [0.4, 0.5) is 5.69 Å². The molecule has 5 heteroatoms. The van der Waals surface area contributed by atoms with Gasteiger partial charge in [0.1, 0.15) is 5.15 Å². The third-order valence-corrected chi connectivity index (χ3v) is 4.14. The molecular formula is C13H12Cl2N2S. The molecule has 0 fully saturated rings. The van der Waals surface area contributed by atoms with E-state index >= 15 is 0 Å². The van der Waals surface area contributed by atoms with Crippen LogP contribution in [0.1, 0.15) is 11.1 Å². The highest BCUT2D eigenvalue weighted by Crippen LogP contribution is 2.31. The maximum Gasteiger partial charge on any atom is 0.130 e. The Morgan fingerprint density at radius 1 is 1.28 bits per heavy atom. The molecule has 0 saturated carbocycles. The van der Waals surface area contributed by atoms with Crippen LogP contribution in [0, 0.1) is 6.92 Å². The molecule has 1 aromatic heterocycles. The molecule has 0 aliphatic rings. The fourth-order valence-electron chi connectivity index (χ4n) is 1.50. The van der Waals surface area contributed by atoms with E-state index in [9.17, 15) is 0 Å². The van der Waals surface area contributed by atoms with E-state index in [1.165, 1.54) is 0 Å². The van der Waals surface area contributed by atoms with E-state index in [2.05, 4.69) is 4.98 Å². The summed E-state index contributed by atoms with van der Waals surface area (Å²) in [5, 5.41) is 1.04. The number of benzene rings is 1. The molecule has 2 rings (SSSR count). The topological polar surface area (TPSA) is 38.9 Å². The fourth-order valence-corrected chi connectivity index (χ4v) is 2.94. The molecule has 18 heavy (non-hydrogen) atoms. The summed E-state index contributed by atoms with van der Waals surface area (Å²) in [6.07, 6.45) is 1.70. The number of nitrogen functional groups attached to an aromatic ring is 1. The van der Waals surface area contributed by atoms with E-state index in [1.807, 2.05) is 25.1 Å². The van der Waals surface area contributed by atoms with Gasteiger partial charge in [-0.25, -0.2) is 4.98 Å². The SMILES string of the molecule is Cc1ccc(SCc2cnc(Cl)cc2Cl)c(N)c1.